The third-order valence-corrected chi connectivity index (χ3v) is 4.59. The van der Waals surface area contributed by atoms with E-state index in [0.717, 1.165) is 12.8 Å². The van der Waals surface area contributed by atoms with Gasteiger partial charge in [0.1, 0.15) is 5.82 Å². The van der Waals surface area contributed by atoms with Gasteiger partial charge in [-0.05, 0) is 31.4 Å². The molecule has 1 saturated heterocycles. The first-order valence-electron chi connectivity index (χ1n) is 7.71. The van der Waals surface area contributed by atoms with Crippen LogP contribution in [-0.4, -0.2) is 38.9 Å². The molecule has 0 atom stereocenters. The number of amides is 1. The molecule has 0 radical (unpaired) electrons. The number of aromatic nitrogens is 3. The van der Waals surface area contributed by atoms with Crippen molar-refractivity contribution < 1.29 is 9.18 Å². The predicted octanol–water partition coefficient (Wildman–Crippen LogP) is 2.87. The number of benzene rings is 1. The van der Waals surface area contributed by atoms with Crippen LogP contribution in [0.4, 0.5) is 4.39 Å². The van der Waals surface area contributed by atoms with Crippen molar-refractivity contribution in [2.24, 2.45) is 0 Å². The molecule has 0 aliphatic carbocycles. The highest BCUT2D eigenvalue weighted by atomic mass is 35.5. The number of nitrogens with zero attached hydrogens (tertiary/aromatic N) is 4. The van der Waals surface area contributed by atoms with Crippen LogP contribution in [0.5, 0.6) is 0 Å². The fraction of sp³-hybridized carbons (Fsp3) is 0.438. The molecule has 1 aliphatic heterocycles. The summed E-state index contributed by atoms with van der Waals surface area (Å²) in [5.41, 5.74) is 0.415. The Hall–Kier alpha value is -1.95. The van der Waals surface area contributed by atoms with E-state index in [0.29, 0.717) is 30.1 Å². The molecule has 1 aromatic carbocycles. The molecule has 7 heteroatoms. The van der Waals surface area contributed by atoms with Gasteiger partial charge in [0, 0.05) is 30.1 Å². The largest absolute Gasteiger partial charge is 0.343 e. The number of carbonyl (C=O) groups excluding carboxylic acids is 1. The van der Waals surface area contributed by atoms with Crippen LogP contribution in [0.1, 0.15) is 30.9 Å². The Morgan fingerprint density at radius 3 is 2.61 bits per heavy atom. The highest BCUT2D eigenvalue weighted by Crippen LogP contribution is 2.23. The van der Waals surface area contributed by atoms with Crippen LogP contribution in [0.3, 0.4) is 0 Å². The van der Waals surface area contributed by atoms with Gasteiger partial charge in [-0.15, -0.1) is 0 Å². The van der Waals surface area contributed by atoms with Gasteiger partial charge in [-0.3, -0.25) is 4.79 Å². The molecule has 0 saturated carbocycles. The van der Waals surface area contributed by atoms with E-state index < -0.39 is 0 Å². The molecular weight excluding hydrogens is 319 g/mol. The highest BCUT2D eigenvalue weighted by molar-refractivity contribution is 6.31. The van der Waals surface area contributed by atoms with Crippen molar-refractivity contribution in [2.45, 2.75) is 31.7 Å². The van der Waals surface area contributed by atoms with E-state index >= 15 is 0 Å². The van der Waals surface area contributed by atoms with Crippen molar-refractivity contribution in [3.8, 4) is 0 Å². The van der Waals surface area contributed by atoms with Crippen LogP contribution in [0.25, 0.3) is 0 Å². The summed E-state index contributed by atoms with van der Waals surface area (Å²) in [6.07, 6.45) is 5.59. The zero-order chi connectivity index (χ0) is 16.2. The summed E-state index contributed by atoms with van der Waals surface area (Å²) in [4.78, 5) is 15.8. The quantitative estimate of drug-likeness (QED) is 0.862. The number of hydrogen-bond acceptors (Lipinski definition) is 3. The van der Waals surface area contributed by atoms with Gasteiger partial charge in [-0.25, -0.2) is 4.39 Å². The predicted molar refractivity (Wildman–Crippen MR) is 84.6 cm³/mol. The lowest BCUT2D eigenvalue weighted by molar-refractivity contribution is -0.132. The first-order chi connectivity index (χ1) is 11.1. The number of piperidine rings is 1. The average molecular weight is 337 g/mol. The molecule has 0 spiro atoms. The lowest BCUT2D eigenvalue weighted by Crippen LogP contribution is -2.39. The maximum Gasteiger partial charge on any atom is 0.222 e. The highest BCUT2D eigenvalue weighted by Gasteiger charge is 2.24. The van der Waals surface area contributed by atoms with Gasteiger partial charge in [0.25, 0.3) is 0 Å². The Balaban J connectivity index is 1.52. The van der Waals surface area contributed by atoms with Crippen LogP contribution in [0.15, 0.2) is 30.6 Å². The summed E-state index contributed by atoms with van der Waals surface area (Å²) in [6.45, 7) is 1.35. The van der Waals surface area contributed by atoms with Gasteiger partial charge >= 0.3 is 0 Å². The Kier molecular flexibility index (Phi) is 4.91. The van der Waals surface area contributed by atoms with Crippen LogP contribution < -0.4 is 0 Å². The molecule has 1 fully saturated rings. The average Bonchev–Trinajstić information content (AvgIpc) is 3.09. The van der Waals surface area contributed by atoms with Gasteiger partial charge in [0.15, 0.2) is 0 Å². The summed E-state index contributed by atoms with van der Waals surface area (Å²) >= 11 is 5.99. The normalized spacial score (nSPS) is 15.8. The summed E-state index contributed by atoms with van der Waals surface area (Å²) in [7, 11) is 0. The molecule has 0 unspecified atom stereocenters. The summed E-state index contributed by atoms with van der Waals surface area (Å²) in [6, 6.07) is 4.83. The number of halogens is 2. The van der Waals surface area contributed by atoms with E-state index in [-0.39, 0.29) is 24.2 Å². The van der Waals surface area contributed by atoms with Crippen molar-refractivity contribution in [3.05, 3.63) is 47.0 Å². The van der Waals surface area contributed by atoms with E-state index in [1.165, 1.54) is 6.07 Å². The molecule has 122 valence electrons. The Morgan fingerprint density at radius 1 is 1.26 bits per heavy atom. The molecular formula is C16H18ClFN4O. The van der Waals surface area contributed by atoms with E-state index in [9.17, 15) is 9.18 Å². The van der Waals surface area contributed by atoms with Crippen LogP contribution in [0.2, 0.25) is 5.02 Å². The van der Waals surface area contributed by atoms with Gasteiger partial charge in [-0.2, -0.15) is 15.0 Å². The van der Waals surface area contributed by atoms with Crippen LogP contribution >= 0.6 is 11.6 Å². The third kappa shape index (κ3) is 3.69. The number of hydrogen-bond donors (Lipinski definition) is 0. The van der Waals surface area contributed by atoms with Crippen molar-refractivity contribution in [2.75, 3.05) is 13.1 Å². The Labute approximate surface area is 139 Å². The molecule has 5 nitrogen and oxygen atoms in total. The Morgan fingerprint density at radius 2 is 1.96 bits per heavy atom. The maximum absolute atomic E-state index is 13.7. The summed E-state index contributed by atoms with van der Waals surface area (Å²) in [5, 5.41) is 8.68. The van der Waals surface area contributed by atoms with Crippen molar-refractivity contribution in [1.82, 2.24) is 19.9 Å². The van der Waals surface area contributed by atoms with Gasteiger partial charge in [0.05, 0.1) is 18.4 Å². The van der Waals surface area contributed by atoms with Crippen molar-refractivity contribution >= 4 is 17.5 Å². The SMILES string of the molecule is O=C(CCc1c(F)cccc1Cl)N1CCC(n2nccn2)CC1. The van der Waals surface area contributed by atoms with Gasteiger partial charge in [0.2, 0.25) is 5.91 Å². The van der Waals surface area contributed by atoms with Gasteiger partial charge < -0.3 is 4.90 Å². The number of rotatable bonds is 4. The molecule has 1 amide bonds. The van der Waals surface area contributed by atoms with E-state index in [1.807, 2.05) is 4.90 Å². The smallest absolute Gasteiger partial charge is 0.222 e. The molecule has 2 heterocycles. The molecule has 1 aromatic heterocycles. The van der Waals surface area contributed by atoms with Crippen LogP contribution in [-0.2, 0) is 11.2 Å². The number of carbonyl (C=O) groups is 1. The lowest BCUT2D eigenvalue weighted by Gasteiger charge is -2.31. The second kappa shape index (κ2) is 7.08. The maximum atomic E-state index is 13.7. The first-order valence-corrected chi connectivity index (χ1v) is 8.09. The monoisotopic (exact) mass is 336 g/mol. The second-order valence-electron chi connectivity index (χ2n) is 5.66. The molecule has 23 heavy (non-hydrogen) atoms. The zero-order valence-corrected chi connectivity index (χ0v) is 13.4. The molecule has 0 bridgehead atoms. The van der Waals surface area contributed by atoms with Crippen molar-refractivity contribution in [3.63, 3.8) is 0 Å². The summed E-state index contributed by atoms with van der Waals surface area (Å²) < 4.78 is 13.7. The summed E-state index contributed by atoms with van der Waals surface area (Å²) in [5.74, 6) is -0.315. The minimum Gasteiger partial charge on any atom is -0.343 e. The van der Waals surface area contributed by atoms with Crippen LogP contribution in [0, 0.1) is 5.82 Å². The third-order valence-electron chi connectivity index (χ3n) is 4.23. The molecule has 3 rings (SSSR count). The fourth-order valence-electron chi connectivity index (χ4n) is 2.92. The van der Waals surface area contributed by atoms with Gasteiger partial charge in [-0.1, -0.05) is 17.7 Å². The topological polar surface area (TPSA) is 51.0 Å². The lowest BCUT2D eigenvalue weighted by atomic mass is 10.0. The standard InChI is InChI=1S/C16H18ClFN4O/c17-14-2-1-3-15(18)13(14)4-5-16(23)21-10-6-12(7-11-21)22-19-8-9-20-22/h1-3,8-9,12H,4-7,10-11H2. The van der Waals surface area contributed by atoms with Crippen molar-refractivity contribution in [1.29, 1.82) is 0 Å². The van der Waals surface area contributed by atoms with E-state index in [4.69, 9.17) is 11.6 Å². The van der Waals surface area contributed by atoms with E-state index in [2.05, 4.69) is 10.2 Å². The minimum absolute atomic E-state index is 0.0381. The first kappa shape index (κ1) is 15.9. The molecule has 1 aliphatic rings. The van der Waals surface area contributed by atoms with E-state index in [1.54, 1.807) is 29.3 Å². The number of likely N-dealkylation sites (tertiary alicyclic amines) is 1. The Bertz CT molecular complexity index is 648. The fourth-order valence-corrected chi connectivity index (χ4v) is 3.18. The molecule has 0 N–H and O–H groups in total. The molecule has 2 aromatic rings. The minimum atomic E-state index is -0.353. The second-order valence-corrected chi connectivity index (χ2v) is 6.07. The zero-order valence-electron chi connectivity index (χ0n) is 12.7.